The van der Waals surface area contributed by atoms with Gasteiger partial charge in [-0.3, -0.25) is 13.9 Å². The number of nitrogens with zero attached hydrogens (tertiary/aromatic N) is 2. The van der Waals surface area contributed by atoms with E-state index in [2.05, 4.69) is 5.32 Å². The number of sulfonamides is 1. The molecule has 38 heavy (non-hydrogen) atoms. The van der Waals surface area contributed by atoms with E-state index in [9.17, 15) is 18.0 Å². The number of hydrogen-bond acceptors (Lipinski definition) is 4. The molecule has 0 saturated carbocycles. The highest BCUT2D eigenvalue weighted by molar-refractivity contribution is 7.92. The van der Waals surface area contributed by atoms with Gasteiger partial charge >= 0.3 is 0 Å². The first-order valence-electron chi connectivity index (χ1n) is 12.6. The molecule has 0 heterocycles. The summed E-state index contributed by atoms with van der Waals surface area (Å²) in [6.45, 7) is 5.79. The molecule has 202 valence electrons. The summed E-state index contributed by atoms with van der Waals surface area (Å²) in [4.78, 5) is 28.5. The van der Waals surface area contributed by atoms with Crippen LogP contribution in [0.25, 0.3) is 0 Å². The molecule has 0 saturated heterocycles. The molecule has 0 spiro atoms. The predicted molar refractivity (Wildman–Crippen MR) is 152 cm³/mol. The van der Waals surface area contributed by atoms with Crippen molar-refractivity contribution in [1.82, 2.24) is 10.2 Å². The van der Waals surface area contributed by atoms with E-state index in [0.29, 0.717) is 23.7 Å². The molecule has 0 aliphatic rings. The lowest BCUT2D eigenvalue weighted by atomic mass is 10.1. The van der Waals surface area contributed by atoms with Crippen molar-refractivity contribution in [2.24, 2.45) is 0 Å². The smallest absolute Gasteiger partial charge is 0.264 e. The molecule has 7 nitrogen and oxygen atoms in total. The highest BCUT2D eigenvalue weighted by atomic mass is 35.5. The van der Waals surface area contributed by atoms with E-state index in [1.807, 2.05) is 20.8 Å². The van der Waals surface area contributed by atoms with Crippen molar-refractivity contribution in [3.8, 4) is 0 Å². The number of amides is 2. The minimum atomic E-state index is -4.08. The van der Waals surface area contributed by atoms with Crippen molar-refractivity contribution in [1.29, 1.82) is 0 Å². The summed E-state index contributed by atoms with van der Waals surface area (Å²) < 4.78 is 28.7. The first-order valence-corrected chi connectivity index (χ1v) is 14.4. The fourth-order valence-electron chi connectivity index (χ4n) is 4.03. The van der Waals surface area contributed by atoms with Gasteiger partial charge in [0.25, 0.3) is 10.0 Å². The van der Waals surface area contributed by atoms with E-state index >= 15 is 0 Å². The molecule has 0 bridgehead atoms. The number of benzene rings is 3. The first kappa shape index (κ1) is 29.2. The summed E-state index contributed by atoms with van der Waals surface area (Å²) in [6, 6.07) is 21.2. The van der Waals surface area contributed by atoms with E-state index in [-0.39, 0.29) is 17.3 Å². The maximum absolute atomic E-state index is 13.9. The summed E-state index contributed by atoms with van der Waals surface area (Å²) in [6.07, 6.45) is 1.12. The summed E-state index contributed by atoms with van der Waals surface area (Å²) in [5.41, 5.74) is 2.05. The minimum Gasteiger partial charge on any atom is -0.354 e. The Balaban J connectivity index is 2.01. The van der Waals surface area contributed by atoms with E-state index in [0.717, 1.165) is 21.9 Å². The molecule has 3 rings (SSSR count). The van der Waals surface area contributed by atoms with Crippen LogP contribution in [0.1, 0.15) is 37.8 Å². The van der Waals surface area contributed by atoms with Crippen LogP contribution >= 0.6 is 11.6 Å². The van der Waals surface area contributed by atoms with Gasteiger partial charge in [0.1, 0.15) is 12.6 Å². The summed E-state index contributed by atoms with van der Waals surface area (Å²) in [5.74, 6) is -0.762. The number of para-hydroxylation sites is 1. The van der Waals surface area contributed by atoms with Gasteiger partial charge in [0, 0.05) is 18.1 Å². The standard InChI is InChI=1S/C29H34ClN3O4S/c1-4-19-31-29(35)27(5-2)32(20-23-13-15-24(30)16-14-23)28(34)21-33(25-9-7-6-8-10-25)38(36,37)26-17-11-22(3)12-18-26/h6-18,27H,4-5,19-21H2,1-3H3,(H,31,35)/t27-/m0/s1. The lowest BCUT2D eigenvalue weighted by molar-refractivity contribution is -0.140. The van der Waals surface area contributed by atoms with Crippen LogP contribution in [0.4, 0.5) is 5.69 Å². The monoisotopic (exact) mass is 555 g/mol. The third-order valence-electron chi connectivity index (χ3n) is 6.13. The van der Waals surface area contributed by atoms with Crippen molar-refractivity contribution in [3.63, 3.8) is 0 Å². The number of hydrogen-bond donors (Lipinski definition) is 1. The van der Waals surface area contributed by atoms with Crippen molar-refractivity contribution in [3.05, 3.63) is 95.0 Å². The minimum absolute atomic E-state index is 0.0803. The van der Waals surface area contributed by atoms with Gasteiger partial charge in [0.15, 0.2) is 0 Å². The first-order chi connectivity index (χ1) is 18.2. The molecule has 0 radical (unpaired) electrons. The van der Waals surface area contributed by atoms with Crippen molar-refractivity contribution >= 4 is 39.1 Å². The van der Waals surface area contributed by atoms with Crippen LogP contribution in [0.3, 0.4) is 0 Å². The molecule has 0 aliphatic heterocycles. The van der Waals surface area contributed by atoms with Gasteiger partial charge in [-0.05, 0) is 61.7 Å². The fraction of sp³-hybridized carbons (Fsp3) is 0.310. The fourth-order valence-corrected chi connectivity index (χ4v) is 5.57. The second-order valence-electron chi connectivity index (χ2n) is 9.02. The van der Waals surface area contributed by atoms with Crippen LogP contribution in [-0.2, 0) is 26.2 Å². The van der Waals surface area contributed by atoms with Crippen LogP contribution in [-0.4, -0.2) is 44.3 Å². The Morgan fingerprint density at radius 1 is 0.921 bits per heavy atom. The molecule has 3 aromatic rings. The lowest BCUT2D eigenvalue weighted by Crippen LogP contribution is -2.52. The molecule has 2 amide bonds. The Morgan fingerprint density at radius 3 is 2.13 bits per heavy atom. The number of nitrogens with one attached hydrogen (secondary N) is 1. The highest BCUT2D eigenvalue weighted by Crippen LogP contribution is 2.25. The normalized spacial score (nSPS) is 12.0. The Hall–Kier alpha value is -3.36. The summed E-state index contributed by atoms with van der Waals surface area (Å²) in [7, 11) is -4.08. The Labute approximate surface area is 230 Å². The number of rotatable bonds is 12. The predicted octanol–water partition coefficient (Wildman–Crippen LogP) is 5.18. The van der Waals surface area contributed by atoms with Crippen LogP contribution in [0.15, 0.2) is 83.8 Å². The molecule has 1 atom stereocenters. The molecular weight excluding hydrogens is 522 g/mol. The van der Waals surface area contributed by atoms with E-state index in [1.54, 1.807) is 66.7 Å². The molecule has 0 fully saturated rings. The van der Waals surface area contributed by atoms with E-state index in [1.165, 1.54) is 17.0 Å². The van der Waals surface area contributed by atoms with E-state index in [4.69, 9.17) is 11.6 Å². The zero-order chi connectivity index (χ0) is 27.7. The molecule has 0 aromatic heterocycles. The second-order valence-corrected chi connectivity index (χ2v) is 11.3. The average Bonchev–Trinajstić information content (AvgIpc) is 2.92. The molecular formula is C29H34ClN3O4S. The maximum Gasteiger partial charge on any atom is 0.264 e. The largest absolute Gasteiger partial charge is 0.354 e. The van der Waals surface area contributed by atoms with Gasteiger partial charge in [0.05, 0.1) is 10.6 Å². The topological polar surface area (TPSA) is 86.8 Å². The quantitative estimate of drug-likeness (QED) is 0.334. The maximum atomic E-state index is 13.9. The zero-order valence-electron chi connectivity index (χ0n) is 21.9. The summed E-state index contributed by atoms with van der Waals surface area (Å²) >= 11 is 6.05. The van der Waals surface area contributed by atoms with Gasteiger partial charge in [-0.1, -0.05) is 73.5 Å². The molecule has 0 aliphatic carbocycles. The van der Waals surface area contributed by atoms with Crippen LogP contribution < -0.4 is 9.62 Å². The number of carbonyl (C=O) groups is 2. The molecule has 9 heteroatoms. The van der Waals surface area contributed by atoms with Gasteiger partial charge in [-0.2, -0.15) is 0 Å². The van der Waals surface area contributed by atoms with Crippen molar-refractivity contribution in [2.75, 3.05) is 17.4 Å². The van der Waals surface area contributed by atoms with Gasteiger partial charge < -0.3 is 10.2 Å². The molecule has 3 aromatic carbocycles. The number of halogens is 1. The number of aryl methyl sites for hydroxylation is 1. The van der Waals surface area contributed by atoms with Crippen LogP contribution in [0.2, 0.25) is 5.02 Å². The lowest BCUT2D eigenvalue weighted by Gasteiger charge is -2.33. The van der Waals surface area contributed by atoms with Crippen molar-refractivity contribution < 1.29 is 18.0 Å². The second kappa shape index (κ2) is 13.4. The van der Waals surface area contributed by atoms with Crippen molar-refractivity contribution in [2.45, 2.75) is 51.1 Å². The Kier molecular flexibility index (Phi) is 10.3. The third kappa shape index (κ3) is 7.36. The van der Waals surface area contributed by atoms with Gasteiger partial charge in [0.2, 0.25) is 11.8 Å². The van der Waals surface area contributed by atoms with Gasteiger partial charge in [-0.15, -0.1) is 0 Å². The van der Waals surface area contributed by atoms with Crippen LogP contribution in [0.5, 0.6) is 0 Å². The highest BCUT2D eigenvalue weighted by Gasteiger charge is 2.33. The Bertz CT molecular complexity index is 1310. The third-order valence-corrected chi connectivity index (χ3v) is 8.17. The number of carbonyl (C=O) groups excluding carboxylic acids is 2. The molecule has 0 unspecified atom stereocenters. The van der Waals surface area contributed by atoms with Crippen LogP contribution in [0, 0.1) is 6.92 Å². The average molecular weight is 556 g/mol. The SMILES string of the molecule is CCCNC(=O)[C@H](CC)N(Cc1ccc(Cl)cc1)C(=O)CN(c1ccccc1)S(=O)(=O)c1ccc(C)cc1. The zero-order valence-corrected chi connectivity index (χ0v) is 23.5. The summed E-state index contributed by atoms with van der Waals surface area (Å²) in [5, 5.41) is 3.43. The van der Waals surface area contributed by atoms with E-state index < -0.39 is 28.5 Å². The number of anilines is 1. The van der Waals surface area contributed by atoms with Gasteiger partial charge in [-0.25, -0.2) is 8.42 Å². The Morgan fingerprint density at radius 2 is 1.55 bits per heavy atom. The molecule has 1 N–H and O–H groups in total.